The van der Waals surface area contributed by atoms with Gasteiger partial charge in [-0.3, -0.25) is 14.3 Å². The number of para-hydroxylation sites is 1. The van der Waals surface area contributed by atoms with Gasteiger partial charge in [-0.25, -0.2) is 4.98 Å². The molecule has 1 aliphatic heterocycles. The zero-order chi connectivity index (χ0) is 22.6. The van der Waals surface area contributed by atoms with Crippen molar-refractivity contribution in [2.24, 2.45) is 0 Å². The summed E-state index contributed by atoms with van der Waals surface area (Å²) in [5, 5.41) is 1.14. The molecule has 0 unspecified atom stereocenters. The lowest BCUT2D eigenvalue weighted by Crippen LogP contribution is -2.39. The number of thioether (sulfide) groups is 1. The Morgan fingerprint density at radius 3 is 2.47 bits per heavy atom. The standard InChI is InChI=1S/C22H22F3N3O3S/c23-22(24,25)31-17-7-5-16(6-8-17)15-32-21-26-19-4-2-1-3-18(19)20(29)28(21)10-9-27-11-13-30-14-12-27/h1-8H,9-15H2. The zero-order valence-corrected chi connectivity index (χ0v) is 18.0. The Bertz CT molecular complexity index is 1110. The van der Waals surface area contributed by atoms with E-state index < -0.39 is 6.36 Å². The van der Waals surface area contributed by atoms with E-state index in [1.165, 1.54) is 23.9 Å². The molecule has 1 saturated heterocycles. The summed E-state index contributed by atoms with van der Waals surface area (Å²) < 4.78 is 48.0. The van der Waals surface area contributed by atoms with Crippen LogP contribution in [-0.2, 0) is 17.0 Å². The maximum absolute atomic E-state index is 13.2. The lowest BCUT2D eigenvalue weighted by Gasteiger charge is -2.27. The SMILES string of the molecule is O=c1c2ccccc2nc(SCc2ccc(OC(F)(F)F)cc2)n1CCN1CCOCC1. The van der Waals surface area contributed by atoms with E-state index in [1.54, 1.807) is 28.8 Å². The number of fused-ring (bicyclic) bond motifs is 1. The Hall–Kier alpha value is -2.56. The van der Waals surface area contributed by atoms with Gasteiger partial charge in [-0.2, -0.15) is 0 Å². The molecule has 1 aliphatic rings. The highest BCUT2D eigenvalue weighted by Crippen LogP contribution is 2.26. The van der Waals surface area contributed by atoms with Crippen LogP contribution in [0.2, 0.25) is 0 Å². The maximum atomic E-state index is 13.2. The first-order chi connectivity index (χ1) is 15.4. The fourth-order valence-electron chi connectivity index (χ4n) is 3.46. The van der Waals surface area contributed by atoms with E-state index >= 15 is 0 Å². The molecule has 0 amide bonds. The van der Waals surface area contributed by atoms with Crippen LogP contribution >= 0.6 is 11.8 Å². The average Bonchev–Trinajstić information content (AvgIpc) is 2.78. The molecule has 1 fully saturated rings. The molecule has 2 aromatic carbocycles. The van der Waals surface area contributed by atoms with E-state index in [0.717, 1.165) is 18.7 Å². The minimum absolute atomic E-state index is 0.0970. The first-order valence-electron chi connectivity index (χ1n) is 10.2. The Kier molecular flexibility index (Phi) is 7.02. The molecule has 3 aromatic rings. The second-order valence-corrected chi connectivity index (χ2v) is 8.25. The van der Waals surface area contributed by atoms with Gasteiger partial charge in [0.2, 0.25) is 0 Å². The number of halogens is 3. The summed E-state index contributed by atoms with van der Waals surface area (Å²) in [6.45, 7) is 4.22. The Labute approximate surface area is 187 Å². The van der Waals surface area contributed by atoms with Crippen LogP contribution in [0.15, 0.2) is 58.5 Å². The van der Waals surface area contributed by atoms with Gasteiger partial charge in [-0.05, 0) is 29.8 Å². The van der Waals surface area contributed by atoms with E-state index in [9.17, 15) is 18.0 Å². The molecule has 0 bridgehead atoms. The molecular weight excluding hydrogens is 443 g/mol. The number of aromatic nitrogens is 2. The van der Waals surface area contributed by atoms with Crippen LogP contribution in [0, 0.1) is 0 Å². The Balaban J connectivity index is 1.53. The van der Waals surface area contributed by atoms with Crippen molar-refractivity contribution in [3.8, 4) is 5.75 Å². The lowest BCUT2D eigenvalue weighted by atomic mass is 10.2. The highest BCUT2D eigenvalue weighted by molar-refractivity contribution is 7.98. The molecule has 0 aliphatic carbocycles. The summed E-state index contributed by atoms with van der Waals surface area (Å²) in [6, 6.07) is 12.9. The van der Waals surface area contributed by atoms with Gasteiger partial charge in [0.15, 0.2) is 5.16 Å². The molecule has 6 nitrogen and oxygen atoms in total. The largest absolute Gasteiger partial charge is 0.573 e. The van der Waals surface area contributed by atoms with Crippen LogP contribution in [0.3, 0.4) is 0 Å². The van der Waals surface area contributed by atoms with Crippen LogP contribution in [0.25, 0.3) is 10.9 Å². The number of hydrogen-bond donors (Lipinski definition) is 0. The van der Waals surface area contributed by atoms with Gasteiger partial charge in [-0.15, -0.1) is 13.2 Å². The van der Waals surface area contributed by atoms with Crippen molar-refractivity contribution >= 4 is 22.7 Å². The summed E-state index contributed by atoms with van der Waals surface area (Å²) in [4.78, 5) is 20.1. The molecule has 2 heterocycles. The van der Waals surface area contributed by atoms with Crippen molar-refractivity contribution in [3.63, 3.8) is 0 Å². The normalized spacial score (nSPS) is 15.2. The monoisotopic (exact) mass is 465 g/mol. The summed E-state index contributed by atoms with van der Waals surface area (Å²) in [5.41, 5.74) is 1.32. The van der Waals surface area contributed by atoms with Crippen molar-refractivity contribution in [3.05, 3.63) is 64.4 Å². The fraction of sp³-hybridized carbons (Fsp3) is 0.364. The number of rotatable bonds is 7. The number of morpholine rings is 1. The van der Waals surface area contributed by atoms with Crippen LogP contribution in [0.4, 0.5) is 13.2 Å². The summed E-state index contributed by atoms with van der Waals surface area (Å²) in [6.07, 6.45) is -4.72. The van der Waals surface area contributed by atoms with Crippen LogP contribution in [0.1, 0.15) is 5.56 Å². The van der Waals surface area contributed by atoms with Crippen molar-refractivity contribution in [2.45, 2.75) is 23.8 Å². The molecule has 10 heteroatoms. The fourth-order valence-corrected chi connectivity index (χ4v) is 4.44. The third kappa shape index (κ3) is 5.81. The van der Waals surface area contributed by atoms with Crippen molar-refractivity contribution in [1.82, 2.24) is 14.5 Å². The van der Waals surface area contributed by atoms with E-state index in [-0.39, 0.29) is 11.3 Å². The van der Waals surface area contributed by atoms with Crippen LogP contribution in [-0.4, -0.2) is 53.7 Å². The summed E-state index contributed by atoms with van der Waals surface area (Å²) in [7, 11) is 0. The van der Waals surface area contributed by atoms with Gasteiger partial charge >= 0.3 is 6.36 Å². The first-order valence-corrected chi connectivity index (χ1v) is 11.1. The molecular formula is C22H22F3N3O3S. The highest BCUT2D eigenvalue weighted by Gasteiger charge is 2.30. The molecule has 1 aromatic heterocycles. The molecule has 170 valence electrons. The molecule has 0 N–H and O–H groups in total. The van der Waals surface area contributed by atoms with Crippen molar-refractivity contribution < 1.29 is 22.6 Å². The quantitative estimate of drug-likeness (QED) is 0.390. The third-order valence-corrected chi connectivity index (χ3v) is 6.14. The second kappa shape index (κ2) is 9.93. The number of benzene rings is 2. The lowest BCUT2D eigenvalue weighted by molar-refractivity contribution is -0.274. The molecule has 4 rings (SSSR count). The minimum Gasteiger partial charge on any atom is -0.406 e. The second-order valence-electron chi connectivity index (χ2n) is 7.30. The van der Waals surface area contributed by atoms with Gasteiger partial charge in [0.1, 0.15) is 5.75 Å². The first kappa shape index (κ1) is 22.6. The van der Waals surface area contributed by atoms with Gasteiger partial charge in [0.25, 0.3) is 5.56 Å². The van der Waals surface area contributed by atoms with Gasteiger partial charge < -0.3 is 9.47 Å². The Morgan fingerprint density at radius 1 is 1.03 bits per heavy atom. The highest BCUT2D eigenvalue weighted by atomic mass is 32.2. The van der Waals surface area contributed by atoms with Crippen molar-refractivity contribution in [2.75, 3.05) is 32.8 Å². The third-order valence-electron chi connectivity index (χ3n) is 5.10. The van der Waals surface area contributed by atoms with Gasteiger partial charge in [0.05, 0.1) is 24.1 Å². The van der Waals surface area contributed by atoms with Crippen LogP contribution in [0.5, 0.6) is 5.75 Å². The van der Waals surface area contributed by atoms with E-state index in [4.69, 9.17) is 9.72 Å². The maximum Gasteiger partial charge on any atom is 0.573 e. The number of ether oxygens (including phenoxy) is 2. The molecule has 0 atom stereocenters. The van der Waals surface area contributed by atoms with Gasteiger partial charge in [-0.1, -0.05) is 36.0 Å². The van der Waals surface area contributed by atoms with Gasteiger partial charge in [0, 0.05) is 31.9 Å². The molecule has 0 saturated carbocycles. The average molecular weight is 465 g/mol. The summed E-state index contributed by atoms with van der Waals surface area (Å²) >= 11 is 1.38. The van der Waals surface area contributed by atoms with Crippen LogP contribution < -0.4 is 10.3 Å². The van der Waals surface area contributed by atoms with E-state index in [2.05, 4.69) is 9.64 Å². The number of nitrogens with zero attached hydrogens (tertiary/aromatic N) is 3. The van der Waals surface area contributed by atoms with E-state index in [1.807, 2.05) is 12.1 Å². The topological polar surface area (TPSA) is 56.6 Å². The number of alkyl halides is 3. The molecule has 0 spiro atoms. The molecule has 32 heavy (non-hydrogen) atoms. The zero-order valence-electron chi connectivity index (χ0n) is 17.2. The predicted molar refractivity (Wildman–Crippen MR) is 116 cm³/mol. The molecule has 0 radical (unpaired) electrons. The summed E-state index contributed by atoms with van der Waals surface area (Å²) in [5.74, 6) is 0.187. The van der Waals surface area contributed by atoms with E-state index in [0.29, 0.717) is 48.1 Å². The Morgan fingerprint density at radius 2 is 1.75 bits per heavy atom. The minimum atomic E-state index is -4.72. The predicted octanol–water partition coefficient (Wildman–Crippen LogP) is 3.92. The van der Waals surface area contributed by atoms with Crippen molar-refractivity contribution in [1.29, 1.82) is 0 Å². The smallest absolute Gasteiger partial charge is 0.406 e. The number of hydrogen-bond acceptors (Lipinski definition) is 6.